The minimum Gasteiger partial charge on any atom is -0.462 e. The van der Waals surface area contributed by atoms with Crippen LogP contribution < -0.4 is 0 Å². The zero-order valence-corrected chi connectivity index (χ0v) is 40.1. The summed E-state index contributed by atoms with van der Waals surface area (Å²) < 4.78 is 22.3. The summed E-state index contributed by atoms with van der Waals surface area (Å²) in [5, 5.41) is 40.2. The molecule has 0 saturated carbocycles. The molecule has 366 valence electrons. The van der Waals surface area contributed by atoms with Crippen LogP contribution in [0.1, 0.15) is 251 Å². The summed E-state index contributed by atoms with van der Waals surface area (Å²) in [5.41, 5.74) is 0. The molecule has 1 heterocycles. The van der Waals surface area contributed by atoms with Crippen molar-refractivity contribution in [1.29, 1.82) is 0 Å². The number of allylic oxidation sites excluding steroid dienone is 2. The van der Waals surface area contributed by atoms with Crippen LogP contribution in [0.3, 0.4) is 0 Å². The number of carbonyl (C=O) groups excluding carboxylic acids is 2. The third-order valence-corrected chi connectivity index (χ3v) is 12.4. The van der Waals surface area contributed by atoms with Gasteiger partial charge in [-0.1, -0.05) is 212 Å². The Balaban J connectivity index is 2.24. The van der Waals surface area contributed by atoms with E-state index >= 15 is 0 Å². The van der Waals surface area contributed by atoms with Crippen LogP contribution in [0.25, 0.3) is 0 Å². The summed E-state index contributed by atoms with van der Waals surface area (Å²) >= 11 is 0. The summed E-state index contributed by atoms with van der Waals surface area (Å²) in [6, 6.07) is 0. The van der Waals surface area contributed by atoms with Gasteiger partial charge < -0.3 is 39.4 Å². The Morgan fingerprint density at radius 2 is 0.855 bits per heavy atom. The van der Waals surface area contributed by atoms with Crippen LogP contribution in [0.2, 0.25) is 0 Å². The molecule has 1 rings (SSSR count). The van der Waals surface area contributed by atoms with E-state index < -0.39 is 49.4 Å². The van der Waals surface area contributed by atoms with Crippen molar-refractivity contribution < 1.29 is 49.0 Å². The molecule has 0 amide bonds. The Morgan fingerprint density at radius 1 is 0.484 bits per heavy atom. The van der Waals surface area contributed by atoms with E-state index in [0.717, 1.165) is 44.9 Å². The Bertz CT molecular complexity index is 1020. The molecule has 0 aliphatic carbocycles. The van der Waals surface area contributed by atoms with Crippen LogP contribution in [-0.4, -0.2) is 89.0 Å². The van der Waals surface area contributed by atoms with Crippen LogP contribution in [0, 0.1) is 0 Å². The molecule has 0 bridgehead atoms. The number of rotatable bonds is 45. The number of aliphatic hydroxyl groups is 4. The lowest BCUT2D eigenvalue weighted by Gasteiger charge is -2.39. The van der Waals surface area contributed by atoms with E-state index in [-0.39, 0.29) is 32.0 Å². The van der Waals surface area contributed by atoms with Gasteiger partial charge in [-0.15, -0.1) is 0 Å². The monoisotopic (exact) mass is 883 g/mol. The van der Waals surface area contributed by atoms with Gasteiger partial charge in [0.15, 0.2) is 12.4 Å². The first-order valence-corrected chi connectivity index (χ1v) is 26.3. The normalized spacial score (nSPS) is 19.6. The Hall–Kier alpha value is -1.56. The Kier molecular flexibility index (Phi) is 40.9. The number of esters is 2. The molecule has 0 aromatic heterocycles. The molecule has 0 aromatic carbocycles. The fourth-order valence-corrected chi connectivity index (χ4v) is 8.24. The SMILES string of the molecule is CCCCCCCC/C=C/CCCCCCCCCC(=O)O[C@@H](COC(=O)CCCCCCCCCCCCCCCCCCCCCC)CO[C@H]1O[C@@H](CO)[C@@H](O)C(O)C1O. The van der Waals surface area contributed by atoms with Gasteiger partial charge in [-0.2, -0.15) is 0 Å². The van der Waals surface area contributed by atoms with Crippen LogP contribution >= 0.6 is 0 Å². The fourth-order valence-electron chi connectivity index (χ4n) is 8.24. The molecule has 1 aliphatic rings. The molecule has 1 fully saturated rings. The van der Waals surface area contributed by atoms with Crippen molar-refractivity contribution in [2.45, 2.75) is 288 Å². The maximum atomic E-state index is 12.8. The van der Waals surface area contributed by atoms with E-state index in [0.29, 0.717) is 6.42 Å². The molecule has 1 aliphatic heterocycles. The molecule has 1 saturated heterocycles. The predicted molar refractivity (Wildman–Crippen MR) is 252 cm³/mol. The highest BCUT2D eigenvalue weighted by atomic mass is 16.7. The number of ether oxygens (including phenoxy) is 4. The summed E-state index contributed by atoms with van der Waals surface area (Å²) in [7, 11) is 0. The smallest absolute Gasteiger partial charge is 0.306 e. The molecule has 10 heteroatoms. The first kappa shape index (κ1) is 58.5. The number of carbonyl (C=O) groups is 2. The minimum atomic E-state index is -1.59. The largest absolute Gasteiger partial charge is 0.462 e. The standard InChI is InChI=1S/C52H98O10/c1-3-5-7-9-11-13-15-17-19-21-22-23-25-26-28-30-32-34-36-38-40-47(54)59-43-45(44-60-52-51(58)50(57)49(56)46(42-53)62-52)61-48(55)41-39-37-35-33-31-29-27-24-20-18-16-14-12-10-8-6-4-2/h18,20,45-46,49-53,56-58H,3-17,19,21-44H2,1-2H3/b20-18+/t45-,46-,49+,50?,51?,52-/m0/s1. The van der Waals surface area contributed by atoms with Crippen LogP contribution in [0.15, 0.2) is 12.2 Å². The van der Waals surface area contributed by atoms with Gasteiger partial charge in [-0.25, -0.2) is 0 Å². The highest BCUT2D eigenvalue weighted by Gasteiger charge is 2.44. The van der Waals surface area contributed by atoms with Gasteiger partial charge in [0.25, 0.3) is 0 Å². The second-order valence-corrected chi connectivity index (χ2v) is 18.3. The zero-order chi connectivity index (χ0) is 45.1. The van der Waals surface area contributed by atoms with E-state index in [9.17, 15) is 30.0 Å². The topological polar surface area (TPSA) is 152 Å². The van der Waals surface area contributed by atoms with Crippen molar-refractivity contribution >= 4 is 11.9 Å². The van der Waals surface area contributed by atoms with Crippen molar-refractivity contribution in [1.82, 2.24) is 0 Å². The zero-order valence-electron chi connectivity index (χ0n) is 40.1. The second kappa shape index (κ2) is 43.3. The number of aliphatic hydroxyl groups excluding tert-OH is 4. The van der Waals surface area contributed by atoms with Crippen LogP contribution in [0.5, 0.6) is 0 Å². The van der Waals surface area contributed by atoms with E-state index in [1.54, 1.807) is 0 Å². The van der Waals surface area contributed by atoms with Crippen molar-refractivity contribution in [2.75, 3.05) is 19.8 Å². The van der Waals surface area contributed by atoms with Crippen molar-refractivity contribution in [2.24, 2.45) is 0 Å². The van der Waals surface area contributed by atoms with Gasteiger partial charge in [0.1, 0.15) is 31.0 Å². The lowest BCUT2D eigenvalue weighted by Crippen LogP contribution is -2.59. The van der Waals surface area contributed by atoms with E-state index in [2.05, 4.69) is 26.0 Å². The van der Waals surface area contributed by atoms with Gasteiger partial charge in [0, 0.05) is 12.8 Å². The molecule has 6 atom stereocenters. The molecule has 0 spiro atoms. The third-order valence-electron chi connectivity index (χ3n) is 12.4. The lowest BCUT2D eigenvalue weighted by atomic mass is 9.99. The molecule has 0 radical (unpaired) electrons. The highest BCUT2D eigenvalue weighted by Crippen LogP contribution is 2.23. The average molecular weight is 883 g/mol. The maximum absolute atomic E-state index is 12.8. The summed E-state index contributed by atoms with van der Waals surface area (Å²) in [6.07, 6.45) is 40.8. The van der Waals surface area contributed by atoms with Crippen LogP contribution in [-0.2, 0) is 28.5 Å². The molecule has 10 nitrogen and oxygen atoms in total. The van der Waals surface area contributed by atoms with Gasteiger partial charge in [0.05, 0.1) is 13.2 Å². The quantitative estimate of drug-likeness (QED) is 0.0264. The second-order valence-electron chi connectivity index (χ2n) is 18.3. The van der Waals surface area contributed by atoms with Crippen molar-refractivity contribution in [3.63, 3.8) is 0 Å². The number of hydrogen-bond donors (Lipinski definition) is 4. The summed E-state index contributed by atoms with van der Waals surface area (Å²) in [5.74, 6) is -0.796. The van der Waals surface area contributed by atoms with E-state index in [4.69, 9.17) is 18.9 Å². The van der Waals surface area contributed by atoms with Crippen molar-refractivity contribution in [3.8, 4) is 0 Å². The van der Waals surface area contributed by atoms with Crippen LogP contribution in [0.4, 0.5) is 0 Å². The predicted octanol–water partition coefficient (Wildman–Crippen LogP) is 12.3. The lowest BCUT2D eigenvalue weighted by molar-refractivity contribution is -0.305. The molecular weight excluding hydrogens is 785 g/mol. The third kappa shape index (κ3) is 33.9. The van der Waals surface area contributed by atoms with Gasteiger partial charge in [-0.3, -0.25) is 9.59 Å². The van der Waals surface area contributed by atoms with Gasteiger partial charge >= 0.3 is 11.9 Å². The maximum Gasteiger partial charge on any atom is 0.306 e. The first-order valence-electron chi connectivity index (χ1n) is 26.3. The molecule has 0 aromatic rings. The van der Waals surface area contributed by atoms with E-state index in [1.807, 2.05) is 0 Å². The summed E-state index contributed by atoms with van der Waals surface area (Å²) in [4.78, 5) is 25.5. The average Bonchev–Trinajstić information content (AvgIpc) is 3.27. The van der Waals surface area contributed by atoms with Gasteiger partial charge in [-0.05, 0) is 38.5 Å². The minimum absolute atomic E-state index is 0.213. The van der Waals surface area contributed by atoms with Gasteiger partial charge in [0.2, 0.25) is 0 Å². The molecule has 4 N–H and O–H groups in total. The number of hydrogen-bond acceptors (Lipinski definition) is 10. The van der Waals surface area contributed by atoms with E-state index in [1.165, 1.54) is 173 Å². The van der Waals surface area contributed by atoms with Crippen molar-refractivity contribution in [3.05, 3.63) is 12.2 Å². The highest BCUT2D eigenvalue weighted by molar-refractivity contribution is 5.70. The molecule has 2 unspecified atom stereocenters. The molecular formula is C52H98O10. The Labute approximate surface area is 380 Å². The Morgan fingerprint density at radius 3 is 1.26 bits per heavy atom. The fraction of sp³-hybridized carbons (Fsp3) is 0.923. The first-order chi connectivity index (χ1) is 30.3. The molecule has 62 heavy (non-hydrogen) atoms. The number of unbranched alkanes of at least 4 members (excludes halogenated alkanes) is 32. The summed E-state index contributed by atoms with van der Waals surface area (Å²) in [6.45, 7) is 3.46.